The molecule has 1 aromatic heterocycles. The van der Waals surface area contributed by atoms with Crippen LogP contribution in [0.25, 0.3) is 11.1 Å². The second kappa shape index (κ2) is 10.5. The number of aromatic carboxylic acids is 1. The first-order chi connectivity index (χ1) is 16.5. The van der Waals surface area contributed by atoms with Crippen molar-refractivity contribution in [3.8, 4) is 11.1 Å². The van der Waals surface area contributed by atoms with Crippen LogP contribution in [-0.4, -0.2) is 28.6 Å². The SMILES string of the molecule is CCOC(=O)c1c(NCc2ccccc2)nc(C2CCCC2)c(C(=O)O)c1-c1ccc(F)cc1. The molecule has 6 nitrogen and oxygen atoms in total. The number of aromatic nitrogens is 1. The summed E-state index contributed by atoms with van der Waals surface area (Å²) in [5.74, 6) is -2.06. The number of benzene rings is 2. The Morgan fingerprint density at radius 1 is 1.06 bits per heavy atom. The highest BCUT2D eigenvalue weighted by Gasteiger charge is 2.33. The van der Waals surface area contributed by atoms with Crippen molar-refractivity contribution in [2.75, 3.05) is 11.9 Å². The van der Waals surface area contributed by atoms with Crippen LogP contribution in [0.4, 0.5) is 10.2 Å². The van der Waals surface area contributed by atoms with Gasteiger partial charge in [-0.25, -0.2) is 19.0 Å². The number of carbonyl (C=O) groups is 2. The first-order valence-electron chi connectivity index (χ1n) is 11.5. The highest BCUT2D eigenvalue weighted by Crippen LogP contribution is 2.41. The number of ether oxygens (including phenoxy) is 1. The van der Waals surface area contributed by atoms with Crippen LogP contribution in [-0.2, 0) is 11.3 Å². The van der Waals surface area contributed by atoms with Crippen LogP contribution in [0.1, 0.15) is 70.5 Å². The van der Waals surface area contributed by atoms with E-state index >= 15 is 0 Å². The van der Waals surface area contributed by atoms with Crippen molar-refractivity contribution in [1.29, 1.82) is 0 Å². The first-order valence-corrected chi connectivity index (χ1v) is 11.5. The van der Waals surface area contributed by atoms with Gasteiger partial charge >= 0.3 is 11.9 Å². The lowest BCUT2D eigenvalue weighted by atomic mass is 9.88. The number of nitrogens with zero attached hydrogens (tertiary/aromatic N) is 1. The molecule has 1 heterocycles. The highest BCUT2D eigenvalue weighted by molar-refractivity contribution is 6.09. The van der Waals surface area contributed by atoms with E-state index in [0.29, 0.717) is 17.8 Å². The summed E-state index contributed by atoms with van der Waals surface area (Å²) in [7, 11) is 0. The van der Waals surface area contributed by atoms with E-state index in [0.717, 1.165) is 31.2 Å². The molecule has 0 aliphatic heterocycles. The molecule has 1 aliphatic rings. The Labute approximate surface area is 197 Å². The zero-order chi connectivity index (χ0) is 24.1. The van der Waals surface area contributed by atoms with Gasteiger partial charge in [0.15, 0.2) is 0 Å². The van der Waals surface area contributed by atoms with Gasteiger partial charge in [-0.15, -0.1) is 0 Å². The molecule has 1 aliphatic carbocycles. The molecule has 2 aromatic carbocycles. The third-order valence-electron chi connectivity index (χ3n) is 6.10. The van der Waals surface area contributed by atoms with Crippen molar-refractivity contribution < 1.29 is 23.8 Å². The van der Waals surface area contributed by atoms with Crippen molar-refractivity contribution in [2.24, 2.45) is 0 Å². The molecule has 0 saturated heterocycles. The molecule has 0 radical (unpaired) electrons. The van der Waals surface area contributed by atoms with Crippen molar-refractivity contribution in [3.63, 3.8) is 0 Å². The summed E-state index contributed by atoms with van der Waals surface area (Å²) < 4.78 is 19.0. The summed E-state index contributed by atoms with van der Waals surface area (Å²) in [5, 5.41) is 13.5. The lowest BCUT2D eigenvalue weighted by Crippen LogP contribution is -2.20. The number of rotatable bonds is 8. The topological polar surface area (TPSA) is 88.5 Å². The molecule has 176 valence electrons. The van der Waals surface area contributed by atoms with E-state index in [2.05, 4.69) is 5.32 Å². The first kappa shape index (κ1) is 23.4. The van der Waals surface area contributed by atoms with Gasteiger partial charge in [-0.2, -0.15) is 0 Å². The monoisotopic (exact) mass is 462 g/mol. The molecule has 0 bridgehead atoms. The van der Waals surface area contributed by atoms with Gasteiger partial charge in [0, 0.05) is 18.0 Å². The van der Waals surface area contributed by atoms with Gasteiger partial charge < -0.3 is 15.2 Å². The molecule has 1 fully saturated rings. The summed E-state index contributed by atoms with van der Waals surface area (Å²) >= 11 is 0. The summed E-state index contributed by atoms with van der Waals surface area (Å²) in [4.78, 5) is 30.5. The van der Waals surface area contributed by atoms with Crippen molar-refractivity contribution >= 4 is 17.8 Å². The van der Waals surface area contributed by atoms with Crippen LogP contribution >= 0.6 is 0 Å². The fourth-order valence-corrected chi connectivity index (χ4v) is 4.53. The third-order valence-corrected chi connectivity index (χ3v) is 6.10. The zero-order valence-corrected chi connectivity index (χ0v) is 19.0. The van der Waals surface area contributed by atoms with Gasteiger partial charge in [0.2, 0.25) is 0 Å². The Hall–Kier alpha value is -3.74. The number of esters is 1. The average Bonchev–Trinajstić information content (AvgIpc) is 3.38. The predicted octanol–water partition coefficient (Wildman–Crippen LogP) is 6.03. The second-order valence-electron chi connectivity index (χ2n) is 8.32. The maximum atomic E-state index is 13.7. The number of carboxylic acids is 1. The van der Waals surface area contributed by atoms with Gasteiger partial charge in [-0.05, 0) is 43.0 Å². The quantitative estimate of drug-likeness (QED) is 0.397. The third kappa shape index (κ3) is 4.93. The van der Waals surface area contributed by atoms with Crippen LogP contribution in [0.3, 0.4) is 0 Å². The molecule has 4 rings (SSSR count). The molecule has 2 N–H and O–H groups in total. The fraction of sp³-hybridized carbons (Fsp3) is 0.296. The zero-order valence-electron chi connectivity index (χ0n) is 19.0. The van der Waals surface area contributed by atoms with Crippen LogP contribution in [0.5, 0.6) is 0 Å². The van der Waals surface area contributed by atoms with Crippen LogP contribution < -0.4 is 5.32 Å². The number of nitrogens with one attached hydrogen (secondary N) is 1. The second-order valence-corrected chi connectivity index (χ2v) is 8.32. The summed E-state index contributed by atoms with van der Waals surface area (Å²) in [6.45, 7) is 2.19. The highest BCUT2D eigenvalue weighted by atomic mass is 19.1. The minimum atomic E-state index is -1.17. The normalized spacial score (nSPS) is 13.6. The number of pyridine rings is 1. The maximum Gasteiger partial charge on any atom is 0.342 e. The largest absolute Gasteiger partial charge is 0.478 e. The standard InChI is InChI=1S/C27H27FN2O4/c1-2-34-27(33)23-21(18-12-14-20(28)15-13-18)22(26(31)32)24(19-10-6-7-11-19)30-25(23)29-16-17-8-4-3-5-9-17/h3-5,8-9,12-15,19H,2,6-7,10-11,16H2,1H3,(H,29,30)(H,31,32). The molecule has 34 heavy (non-hydrogen) atoms. The molecule has 7 heteroatoms. The van der Waals surface area contributed by atoms with E-state index in [9.17, 15) is 19.1 Å². The van der Waals surface area contributed by atoms with Crippen LogP contribution in [0.15, 0.2) is 54.6 Å². The van der Waals surface area contributed by atoms with E-state index in [1.54, 1.807) is 6.92 Å². The number of halogens is 1. The number of hydrogen-bond acceptors (Lipinski definition) is 5. The Balaban J connectivity index is 1.97. The van der Waals surface area contributed by atoms with E-state index in [4.69, 9.17) is 9.72 Å². The van der Waals surface area contributed by atoms with Crippen molar-refractivity contribution in [1.82, 2.24) is 4.98 Å². The predicted molar refractivity (Wildman–Crippen MR) is 128 cm³/mol. The summed E-state index contributed by atoms with van der Waals surface area (Å²) in [6.07, 6.45) is 3.63. The molecule has 3 aromatic rings. The number of carboxylic acid groups (broad SMARTS) is 1. The summed E-state index contributed by atoms with van der Waals surface area (Å²) in [6, 6.07) is 15.1. The Morgan fingerprint density at radius 2 is 1.74 bits per heavy atom. The molecular formula is C27H27FN2O4. The maximum absolute atomic E-state index is 13.7. The lowest BCUT2D eigenvalue weighted by Gasteiger charge is -2.22. The van der Waals surface area contributed by atoms with Crippen molar-refractivity contribution in [2.45, 2.75) is 45.1 Å². The molecule has 1 saturated carbocycles. The van der Waals surface area contributed by atoms with Gasteiger partial charge in [0.1, 0.15) is 17.2 Å². The van der Waals surface area contributed by atoms with Gasteiger partial charge in [-0.3, -0.25) is 0 Å². The fourth-order valence-electron chi connectivity index (χ4n) is 4.53. The minimum Gasteiger partial charge on any atom is -0.478 e. The van der Waals surface area contributed by atoms with E-state index in [1.807, 2.05) is 30.3 Å². The average molecular weight is 463 g/mol. The van der Waals surface area contributed by atoms with Crippen LogP contribution in [0.2, 0.25) is 0 Å². The minimum absolute atomic E-state index is 0.0215. The molecule has 0 unspecified atom stereocenters. The van der Waals surface area contributed by atoms with E-state index in [1.165, 1.54) is 24.3 Å². The number of hydrogen-bond donors (Lipinski definition) is 2. The Kier molecular flexibility index (Phi) is 7.21. The Morgan fingerprint density at radius 3 is 2.35 bits per heavy atom. The smallest absolute Gasteiger partial charge is 0.342 e. The van der Waals surface area contributed by atoms with E-state index < -0.39 is 17.8 Å². The molecule has 0 spiro atoms. The van der Waals surface area contributed by atoms with Gasteiger partial charge in [0.05, 0.1) is 17.9 Å². The molecule has 0 atom stereocenters. The molecular weight excluding hydrogens is 435 g/mol. The van der Waals surface area contributed by atoms with Crippen molar-refractivity contribution in [3.05, 3.63) is 82.8 Å². The van der Waals surface area contributed by atoms with Gasteiger partial charge in [-0.1, -0.05) is 55.3 Å². The van der Waals surface area contributed by atoms with Crippen LogP contribution in [0, 0.1) is 5.82 Å². The number of anilines is 1. The Bertz CT molecular complexity index is 1170. The van der Waals surface area contributed by atoms with Gasteiger partial charge in [0.25, 0.3) is 0 Å². The number of carbonyl (C=O) groups excluding carboxylic acids is 1. The lowest BCUT2D eigenvalue weighted by molar-refractivity contribution is 0.0528. The summed E-state index contributed by atoms with van der Waals surface area (Å²) in [5.41, 5.74) is 2.08. The van der Waals surface area contributed by atoms with E-state index in [-0.39, 0.29) is 35.0 Å². The molecule has 0 amide bonds.